The Hall–Kier alpha value is -1.10. The first kappa shape index (κ1) is 18.9. The molecule has 0 heterocycles. The van der Waals surface area contributed by atoms with Crippen LogP contribution < -0.4 is 5.32 Å². The minimum atomic E-state index is -0.415. The molecule has 0 spiro atoms. The molecule has 0 amide bonds. The molecule has 4 nitrogen and oxygen atoms in total. The maximum absolute atomic E-state index is 9.54. The second-order valence-corrected chi connectivity index (χ2v) is 7.21. The maximum atomic E-state index is 9.54. The van der Waals surface area contributed by atoms with Crippen LogP contribution in [0.1, 0.15) is 55.4 Å². The van der Waals surface area contributed by atoms with Gasteiger partial charge in [-0.05, 0) is 47.1 Å². The summed E-state index contributed by atoms with van der Waals surface area (Å²) in [5.74, 6) is 0.230. The predicted octanol–water partition coefficient (Wildman–Crippen LogP) is 2.92. The van der Waals surface area contributed by atoms with Crippen LogP contribution in [0.2, 0.25) is 0 Å². The predicted molar refractivity (Wildman–Crippen MR) is 83.0 cm³/mol. The van der Waals surface area contributed by atoms with Crippen LogP contribution in [0.25, 0.3) is 0 Å². The molecule has 2 unspecified atom stereocenters. The second kappa shape index (κ2) is 7.07. The van der Waals surface area contributed by atoms with Gasteiger partial charge >= 0.3 is 0 Å². The van der Waals surface area contributed by atoms with Crippen LogP contribution in [0.3, 0.4) is 0 Å². The van der Waals surface area contributed by atoms with Gasteiger partial charge < -0.3 is 0 Å². The van der Waals surface area contributed by atoms with Crippen LogP contribution in [-0.4, -0.2) is 34.6 Å². The summed E-state index contributed by atoms with van der Waals surface area (Å²) in [6, 6.07) is 4.24. The highest BCUT2D eigenvalue weighted by molar-refractivity contribution is 5.11. The Morgan fingerprint density at radius 1 is 1.05 bits per heavy atom. The fourth-order valence-corrected chi connectivity index (χ4v) is 2.51. The van der Waals surface area contributed by atoms with Crippen LogP contribution >= 0.6 is 0 Å². The molecule has 0 aromatic carbocycles. The van der Waals surface area contributed by atoms with E-state index in [0.717, 1.165) is 6.54 Å². The molecule has 0 fully saturated rings. The van der Waals surface area contributed by atoms with Gasteiger partial charge in [0.05, 0.1) is 12.1 Å². The van der Waals surface area contributed by atoms with Crippen molar-refractivity contribution >= 4 is 0 Å². The zero-order chi connectivity index (χ0) is 16.1. The van der Waals surface area contributed by atoms with E-state index in [-0.39, 0.29) is 23.5 Å². The van der Waals surface area contributed by atoms with Crippen LogP contribution in [0.4, 0.5) is 0 Å². The Balaban J connectivity index is 5.43. The molecule has 20 heavy (non-hydrogen) atoms. The van der Waals surface area contributed by atoms with Gasteiger partial charge in [-0.15, -0.1) is 0 Å². The van der Waals surface area contributed by atoms with Gasteiger partial charge in [-0.1, -0.05) is 20.8 Å². The lowest BCUT2D eigenvalue weighted by molar-refractivity contribution is 0.0538. The largest absolute Gasteiger partial charge is 0.296 e. The third-order valence-electron chi connectivity index (χ3n) is 3.59. The molecule has 114 valence electrons. The van der Waals surface area contributed by atoms with Gasteiger partial charge in [-0.25, -0.2) is 0 Å². The molecule has 0 rings (SSSR count). The first-order valence-corrected chi connectivity index (χ1v) is 7.35. The smallest absolute Gasteiger partial charge is 0.114 e. The van der Waals surface area contributed by atoms with Crippen LogP contribution in [-0.2, 0) is 0 Å². The van der Waals surface area contributed by atoms with E-state index in [9.17, 15) is 10.5 Å². The van der Waals surface area contributed by atoms with Crippen molar-refractivity contribution in [1.29, 1.82) is 10.5 Å². The topological polar surface area (TPSA) is 62.9 Å². The van der Waals surface area contributed by atoms with E-state index >= 15 is 0 Å². The summed E-state index contributed by atoms with van der Waals surface area (Å²) >= 11 is 0. The summed E-state index contributed by atoms with van der Waals surface area (Å²) < 4.78 is 0. The van der Waals surface area contributed by atoms with E-state index in [2.05, 4.69) is 22.4 Å². The lowest BCUT2D eigenvalue weighted by Crippen LogP contribution is -2.63. The fourth-order valence-electron chi connectivity index (χ4n) is 2.51. The Kier molecular flexibility index (Phi) is 6.68. The van der Waals surface area contributed by atoms with Gasteiger partial charge in [0, 0.05) is 11.1 Å². The molecule has 2 atom stereocenters. The Bertz CT molecular complexity index is 379. The summed E-state index contributed by atoms with van der Waals surface area (Å²) in [6.07, 6.45) is 0. The summed E-state index contributed by atoms with van der Waals surface area (Å²) in [7, 11) is 0. The Morgan fingerprint density at radius 3 is 1.80 bits per heavy atom. The molecule has 0 bridgehead atoms. The summed E-state index contributed by atoms with van der Waals surface area (Å²) in [6.45, 7) is 17.1. The molecule has 0 saturated heterocycles. The van der Waals surface area contributed by atoms with E-state index in [4.69, 9.17) is 0 Å². The molecule has 1 N–H and O–H groups in total. The molecule has 0 radical (unpaired) electrons. The lowest BCUT2D eigenvalue weighted by Gasteiger charge is -2.46. The van der Waals surface area contributed by atoms with Gasteiger partial charge in [0.15, 0.2) is 0 Å². The number of likely N-dealkylation sites (N-methyl/N-ethyl adjacent to an activating group) is 1. The van der Waals surface area contributed by atoms with Crippen LogP contribution in [0.15, 0.2) is 0 Å². The lowest BCUT2D eigenvalue weighted by atomic mass is 9.87. The summed E-state index contributed by atoms with van der Waals surface area (Å²) in [5, 5.41) is 22.4. The highest BCUT2D eigenvalue weighted by Crippen LogP contribution is 2.26. The zero-order valence-corrected chi connectivity index (χ0v) is 14.3. The van der Waals surface area contributed by atoms with Crippen molar-refractivity contribution in [2.75, 3.05) is 6.54 Å². The zero-order valence-electron chi connectivity index (χ0n) is 14.3. The normalized spacial score (nSPS) is 15.8. The average Bonchev–Trinajstić information content (AvgIpc) is 2.30. The van der Waals surface area contributed by atoms with Crippen molar-refractivity contribution in [1.82, 2.24) is 10.2 Å². The molecule has 0 saturated carbocycles. The maximum Gasteiger partial charge on any atom is 0.114 e. The van der Waals surface area contributed by atoms with Crippen molar-refractivity contribution in [2.45, 2.75) is 78.6 Å². The number of nitrogens with zero attached hydrogens (tertiary/aromatic N) is 3. The third kappa shape index (κ3) is 4.78. The van der Waals surface area contributed by atoms with E-state index in [1.54, 1.807) is 0 Å². The van der Waals surface area contributed by atoms with E-state index in [1.165, 1.54) is 0 Å². The standard InChI is InChI=1S/C16H30N4/c1-9-20(13(10-17)12(2)3)16(7,8)14(11-18)19-15(4,5)6/h12-14,19H,9H2,1-8H3. The van der Waals surface area contributed by atoms with Crippen molar-refractivity contribution in [3.05, 3.63) is 0 Å². The van der Waals surface area contributed by atoms with E-state index < -0.39 is 5.54 Å². The highest BCUT2D eigenvalue weighted by Gasteiger charge is 2.40. The van der Waals surface area contributed by atoms with Gasteiger partial charge in [-0.3, -0.25) is 10.2 Å². The number of nitrogens with one attached hydrogen (secondary N) is 1. The third-order valence-corrected chi connectivity index (χ3v) is 3.59. The van der Waals surface area contributed by atoms with Crippen LogP contribution in [0, 0.1) is 28.6 Å². The van der Waals surface area contributed by atoms with E-state index in [1.807, 2.05) is 55.4 Å². The molecular formula is C16H30N4. The molecule has 0 aliphatic heterocycles. The number of hydrogen-bond donors (Lipinski definition) is 1. The summed E-state index contributed by atoms with van der Waals surface area (Å²) in [4.78, 5) is 2.13. The van der Waals surface area contributed by atoms with E-state index in [0.29, 0.717) is 0 Å². The van der Waals surface area contributed by atoms with Gasteiger partial charge in [-0.2, -0.15) is 10.5 Å². The van der Waals surface area contributed by atoms with Crippen molar-refractivity contribution < 1.29 is 0 Å². The quantitative estimate of drug-likeness (QED) is 0.811. The summed E-state index contributed by atoms with van der Waals surface area (Å²) in [5.41, 5.74) is -0.557. The number of nitriles is 2. The van der Waals surface area contributed by atoms with Gasteiger partial charge in [0.1, 0.15) is 12.1 Å². The SMILES string of the molecule is CCN(C(C#N)C(C)C)C(C)(C)C(C#N)NC(C)(C)C. The van der Waals surface area contributed by atoms with Crippen LogP contribution in [0.5, 0.6) is 0 Å². The molecule has 0 aliphatic carbocycles. The molecule has 0 aromatic heterocycles. The van der Waals surface area contributed by atoms with Gasteiger partial charge in [0.2, 0.25) is 0 Å². The Morgan fingerprint density at radius 2 is 1.55 bits per heavy atom. The fraction of sp³-hybridized carbons (Fsp3) is 0.875. The molecule has 4 heteroatoms. The van der Waals surface area contributed by atoms with Gasteiger partial charge in [0.25, 0.3) is 0 Å². The number of hydrogen-bond acceptors (Lipinski definition) is 4. The first-order valence-electron chi connectivity index (χ1n) is 7.35. The monoisotopic (exact) mass is 278 g/mol. The van der Waals surface area contributed by atoms with Crippen molar-refractivity contribution in [3.8, 4) is 12.1 Å². The Labute approximate surface area is 124 Å². The molecular weight excluding hydrogens is 248 g/mol. The highest BCUT2D eigenvalue weighted by atomic mass is 15.3. The number of rotatable bonds is 6. The molecule has 0 aromatic rings. The second-order valence-electron chi connectivity index (χ2n) is 7.21. The molecule has 0 aliphatic rings. The van der Waals surface area contributed by atoms with Crippen molar-refractivity contribution in [3.63, 3.8) is 0 Å². The van der Waals surface area contributed by atoms with Crippen molar-refractivity contribution in [2.24, 2.45) is 5.92 Å². The average molecular weight is 278 g/mol. The minimum Gasteiger partial charge on any atom is -0.296 e. The minimum absolute atomic E-state index is 0.142. The first-order chi connectivity index (χ1) is 9.01.